The van der Waals surface area contributed by atoms with Crippen LogP contribution in [0.4, 0.5) is 4.39 Å². The van der Waals surface area contributed by atoms with E-state index in [0.717, 1.165) is 11.3 Å². The molecule has 0 bridgehead atoms. The molecule has 0 radical (unpaired) electrons. The van der Waals surface area contributed by atoms with Gasteiger partial charge < -0.3 is 0 Å². The van der Waals surface area contributed by atoms with Crippen molar-refractivity contribution in [1.82, 2.24) is 0 Å². The Balaban J connectivity index is 2.79. The number of rotatable bonds is 0. The van der Waals surface area contributed by atoms with Crippen molar-refractivity contribution in [2.75, 3.05) is 0 Å². The van der Waals surface area contributed by atoms with Crippen molar-refractivity contribution >= 4 is 5.71 Å². The summed E-state index contributed by atoms with van der Waals surface area (Å²) < 4.78 is 12.3. The summed E-state index contributed by atoms with van der Waals surface area (Å²) in [4.78, 5) is 3.60. The lowest BCUT2D eigenvalue weighted by atomic mass is 10.2. The van der Waals surface area contributed by atoms with E-state index in [0.29, 0.717) is 6.42 Å². The van der Waals surface area contributed by atoms with Gasteiger partial charge in [0.15, 0.2) is 0 Å². The molecule has 0 aromatic heterocycles. The number of hydrogen-bond donors (Lipinski definition) is 0. The van der Waals surface area contributed by atoms with Crippen LogP contribution in [0.25, 0.3) is 0 Å². The van der Waals surface area contributed by atoms with Crippen molar-refractivity contribution in [1.29, 1.82) is 0 Å². The van der Waals surface area contributed by atoms with E-state index in [1.54, 1.807) is 6.92 Å². The van der Waals surface area contributed by atoms with Gasteiger partial charge in [0.25, 0.3) is 0 Å². The fourth-order valence-electron chi connectivity index (χ4n) is 0.759. The summed E-state index contributed by atoms with van der Waals surface area (Å²) in [5.74, 6) is -0.289. The SMILES string of the molecule is CC1=NC(F)=C(C)C1. The van der Waals surface area contributed by atoms with Gasteiger partial charge in [0.05, 0.1) is 0 Å². The van der Waals surface area contributed by atoms with Crippen LogP contribution in [0.2, 0.25) is 0 Å². The largest absolute Gasteiger partial charge is 0.229 e. The van der Waals surface area contributed by atoms with Gasteiger partial charge in [-0.1, -0.05) is 0 Å². The maximum Gasteiger partial charge on any atom is 0.212 e. The second kappa shape index (κ2) is 1.69. The zero-order valence-corrected chi connectivity index (χ0v) is 5.03. The maximum absolute atomic E-state index is 12.3. The highest BCUT2D eigenvalue weighted by molar-refractivity contribution is 5.87. The van der Waals surface area contributed by atoms with Crippen molar-refractivity contribution in [2.24, 2.45) is 4.99 Å². The minimum atomic E-state index is -0.289. The van der Waals surface area contributed by atoms with Crippen LogP contribution < -0.4 is 0 Å². The van der Waals surface area contributed by atoms with Crippen molar-refractivity contribution in [3.05, 3.63) is 11.5 Å². The van der Waals surface area contributed by atoms with Gasteiger partial charge in [-0.25, -0.2) is 4.99 Å². The molecule has 0 aromatic rings. The molecule has 0 aromatic carbocycles. The average Bonchev–Trinajstić information content (AvgIpc) is 1.85. The van der Waals surface area contributed by atoms with Gasteiger partial charge in [0.2, 0.25) is 5.95 Å². The molecule has 44 valence electrons. The highest BCUT2D eigenvalue weighted by Gasteiger charge is 2.08. The van der Waals surface area contributed by atoms with Crippen LogP contribution in [0.5, 0.6) is 0 Å². The number of halogens is 1. The molecule has 1 aliphatic heterocycles. The molecule has 0 spiro atoms. The van der Waals surface area contributed by atoms with Gasteiger partial charge in [-0.15, -0.1) is 0 Å². The van der Waals surface area contributed by atoms with Crippen LogP contribution in [0, 0.1) is 0 Å². The third-order valence-corrected chi connectivity index (χ3v) is 1.16. The standard InChI is InChI=1S/C6H8FN/c1-4-3-5(2)8-6(4)7/h3H2,1-2H3. The number of nitrogens with zero attached hydrogens (tertiary/aromatic N) is 1. The summed E-state index contributed by atoms with van der Waals surface area (Å²) in [6.07, 6.45) is 0.714. The Labute approximate surface area is 47.9 Å². The van der Waals surface area contributed by atoms with E-state index < -0.39 is 0 Å². The zero-order valence-electron chi connectivity index (χ0n) is 5.03. The van der Waals surface area contributed by atoms with Gasteiger partial charge in [0, 0.05) is 12.1 Å². The van der Waals surface area contributed by atoms with E-state index >= 15 is 0 Å². The predicted octanol–water partition coefficient (Wildman–Crippen LogP) is 2.05. The molecule has 0 unspecified atom stereocenters. The highest BCUT2D eigenvalue weighted by Crippen LogP contribution is 2.18. The third-order valence-electron chi connectivity index (χ3n) is 1.16. The number of aliphatic imine (C=N–C) groups is 1. The lowest BCUT2D eigenvalue weighted by Crippen LogP contribution is -1.82. The Bertz CT molecular complexity index is 167. The summed E-state index contributed by atoms with van der Waals surface area (Å²) in [5.41, 5.74) is 1.63. The van der Waals surface area contributed by atoms with E-state index in [2.05, 4.69) is 4.99 Å². The van der Waals surface area contributed by atoms with Crippen molar-refractivity contribution in [2.45, 2.75) is 20.3 Å². The van der Waals surface area contributed by atoms with E-state index in [4.69, 9.17) is 0 Å². The zero-order chi connectivity index (χ0) is 6.15. The van der Waals surface area contributed by atoms with Crippen LogP contribution in [0.1, 0.15) is 20.3 Å². The monoisotopic (exact) mass is 113 g/mol. The molecular formula is C6H8FN. The van der Waals surface area contributed by atoms with Gasteiger partial charge in [0.1, 0.15) is 0 Å². The number of allylic oxidation sites excluding steroid dienone is 1. The first-order valence-corrected chi connectivity index (χ1v) is 2.59. The van der Waals surface area contributed by atoms with Crippen molar-refractivity contribution in [3.8, 4) is 0 Å². The van der Waals surface area contributed by atoms with Crippen LogP contribution in [0.15, 0.2) is 16.5 Å². The lowest BCUT2D eigenvalue weighted by molar-refractivity contribution is 0.622. The van der Waals surface area contributed by atoms with Gasteiger partial charge in [-0.05, 0) is 19.4 Å². The summed E-state index contributed by atoms with van der Waals surface area (Å²) in [6, 6.07) is 0. The highest BCUT2D eigenvalue weighted by atomic mass is 19.1. The van der Waals surface area contributed by atoms with Crippen LogP contribution in [-0.2, 0) is 0 Å². The molecule has 0 N–H and O–H groups in total. The second-order valence-corrected chi connectivity index (χ2v) is 2.09. The molecule has 1 aliphatic rings. The fourth-order valence-corrected chi connectivity index (χ4v) is 0.759. The molecule has 0 saturated heterocycles. The fraction of sp³-hybridized carbons (Fsp3) is 0.500. The molecule has 1 heterocycles. The molecule has 1 nitrogen and oxygen atoms in total. The quantitative estimate of drug-likeness (QED) is 0.426. The van der Waals surface area contributed by atoms with Gasteiger partial charge in [-0.3, -0.25) is 0 Å². The summed E-state index contributed by atoms with van der Waals surface area (Å²) in [6.45, 7) is 3.59. The van der Waals surface area contributed by atoms with Gasteiger partial charge >= 0.3 is 0 Å². The average molecular weight is 113 g/mol. The summed E-state index contributed by atoms with van der Waals surface area (Å²) in [7, 11) is 0. The Kier molecular flexibility index (Phi) is 1.16. The Morgan fingerprint density at radius 3 is 2.25 bits per heavy atom. The van der Waals surface area contributed by atoms with Crippen molar-refractivity contribution in [3.63, 3.8) is 0 Å². The molecule has 0 amide bonds. The molecular weight excluding hydrogens is 105 g/mol. The molecule has 8 heavy (non-hydrogen) atoms. The molecule has 1 rings (SSSR count). The van der Waals surface area contributed by atoms with E-state index in [1.165, 1.54) is 0 Å². The minimum Gasteiger partial charge on any atom is -0.229 e. The van der Waals surface area contributed by atoms with Crippen LogP contribution in [-0.4, -0.2) is 5.71 Å². The molecule has 0 aliphatic carbocycles. The Morgan fingerprint density at radius 1 is 1.50 bits per heavy atom. The molecule has 0 atom stereocenters. The van der Waals surface area contributed by atoms with E-state index in [1.807, 2.05) is 6.92 Å². The first kappa shape index (κ1) is 5.48. The first-order chi connectivity index (χ1) is 3.70. The van der Waals surface area contributed by atoms with Crippen LogP contribution in [0.3, 0.4) is 0 Å². The first-order valence-electron chi connectivity index (χ1n) is 2.59. The van der Waals surface area contributed by atoms with Crippen LogP contribution >= 0.6 is 0 Å². The topological polar surface area (TPSA) is 12.4 Å². The summed E-state index contributed by atoms with van der Waals surface area (Å²) in [5, 5.41) is 0. The third kappa shape index (κ3) is 0.782. The minimum absolute atomic E-state index is 0.289. The van der Waals surface area contributed by atoms with E-state index in [9.17, 15) is 4.39 Å². The lowest BCUT2D eigenvalue weighted by Gasteiger charge is -1.84. The van der Waals surface area contributed by atoms with Gasteiger partial charge in [-0.2, -0.15) is 4.39 Å². The molecule has 2 heteroatoms. The Morgan fingerprint density at radius 2 is 2.12 bits per heavy atom. The second-order valence-electron chi connectivity index (χ2n) is 2.09. The van der Waals surface area contributed by atoms with Crippen molar-refractivity contribution < 1.29 is 4.39 Å². The number of hydrogen-bond acceptors (Lipinski definition) is 1. The summed E-state index contributed by atoms with van der Waals surface area (Å²) >= 11 is 0. The predicted molar refractivity (Wildman–Crippen MR) is 31.5 cm³/mol. The van der Waals surface area contributed by atoms with E-state index in [-0.39, 0.29) is 5.95 Å². The smallest absolute Gasteiger partial charge is 0.212 e. The Hall–Kier alpha value is -0.660. The normalized spacial score (nSPS) is 19.6. The molecule has 0 fully saturated rings. The maximum atomic E-state index is 12.3. The molecule has 0 saturated carbocycles.